The van der Waals surface area contributed by atoms with Gasteiger partial charge in [-0.3, -0.25) is 9.59 Å². The number of phenolic OH excluding ortho intramolecular Hbond substituents is 2. The molecule has 178 valence electrons. The van der Waals surface area contributed by atoms with Crippen molar-refractivity contribution in [3.05, 3.63) is 70.3 Å². The van der Waals surface area contributed by atoms with E-state index in [2.05, 4.69) is 0 Å². The van der Waals surface area contributed by atoms with Gasteiger partial charge in [0.25, 0.3) is 0 Å². The maximum atomic E-state index is 15.6. The van der Waals surface area contributed by atoms with Gasteiger partial charge in [-0.05, 0) is 18.2 Å². The highest BCUT2D eigenvalue weighted by molar-refractivity contribution is 5.97. The molecule has 0 radical (unpaired) electrons. The summed E-state index contributed by atoms with van der Waals surface area (Å²) in [5.74, 6) is -10.8. The Balaban J connectivity index is 1.98. The Morgan fingerprint density at radius 3 is 2.23 bits per heavy atom. The van der Waals surface area contributed by atoms with Crippen molar-refractivity contribution in [3.63, 3.8) is 0 Å². The summed E-state index contributed by atoms with van der Waals surface area (Å²) in [4.78, 5) is 36.3. The second-order valence-electron chi connectivity index (χ2n) is 7.71. The molecule has 0 saturated heterocycles. The summed E-state index contributed by atoms with van der Waals surface area (Å²) >= 11 is 0. The molecule has 0 aliphatic carbocycles. The van der Waals surface area contributed by atoms with Crippen molar-refractivity contribution in [3.8, 4) is 34.5 Å². The summed E-state index contributed by atoms with van der Waals surface area (Å²) in [5, 5.41) is 20.6. The van der Waals surface area contributed by atoms with E-state index in [9.17, 15) is 29.0 Å². The SMILES string of the molecule is CC(=O)Oc1c(O)ccc2c1Oc1c(OC(C)=O)c(O)c(F)c(F)c1C21OC(=O)c2ccccc21. The first-order valence-electron chi connectivity index (χ1n) is 10.1. The number of carbonyl (C=O) groups excluding carboxylic acids is 3. The van der Waals surface area contributed by atoms with E-state index in [0.29, 0.717) is 0 Å². The highest BCUT2D eigenvalue weighted by atomic mass is 19.2. The van der Waals surface area contributed by atoms with E-state index in [0.717, 1.165) is 19.9 Å². The minimum atomic E-state index is -2.23. The van der Waals surface area contributed by atoms with Crippen LogP contribution in [0.25, 0.3) is 0 Å². The molecular formula is C24H14F2O9. The van der Waals surface area contributed by atoms with Crippen LogP contribution in [0.1, 0.15) is 40.9 Å². The molecule has 35 heavy (non-hydrogen) atoms. The molecule has 2 N–H and O–H groups in total. The van der Waals surface area contributed by atoms with Crippen LogP contribution in [-0.4, -0.2) is 28.1 Å². The van der Waals surface area contributed by atoms with Crippen LogP contribution in [0.2, 0.25) is 0 Å². The molecule has 0 fully saturated rings. The predicted octanol–water partition coefficient (Wildman–Crippen LogP) is 3.79. The van der Waals surface area contributed by atoms with Gasteiger partial charge in [-0.15, -0.1) is 0 Å². The van der Waals surface area contributed by atoms with E-state index in [1.54, 1.807) is 0 Å². The summed E-state index contributed by atoms with van der Waals surface area (Å²) in [6.45, 7) is 1.99. The molecule has 0 aromatic heterocycles. The van der Waals surface area contributed by atoms with Gasteiger partial charge < -0.3 is 29.2 Å². The first-order valence-corrected chi connectivity index (χ1v) is 10.1. The van der Waals surface area contributed by atoms with Crippen molar-refractivity contribution in [1.82, 2.24) is 0 Å². The van der Waals surface area contributed by atoms with Crippen LogP contribution in [0.3, 0.4) is 0 Å². The number of aromatic hydroxyl groups is 2. The van der Waals surface area contributed by atoms with Gasteiger partial charge in [0.15, 0.2) is 28.7 Å². The summed E-state index contributed by atoms with van der Waals surface area (Å²) in [6.07, 6.45) is 0. The Labute approximate surface area is 195 Å². The molecule has 9 nitrogen and oxygen atoms in total. The molecule has 0 amide bonds. The van der Waals surface area contributed by atoms with Gasteiger partial charge in [0, 0.05) is 19.4 Å². The van der Waals surface area contributed by atoms with E-state index >= 15 is 4.39 Å². The zero-order chi connectivity index (χ0) is 25.2. The molecule has 2 aliphatic rings. The summed E-state index contributed by atoms with van der Waals surface area (Å²) in [6, 6.07) is 8.17. The van der Waals surface area contributed by atoms with Gasteiger partial charge in [0.1, 0.15) is 0 Å². The van der Waals surface area contributed by atoms with Crippen LogP contribution in [0.5, 0.6) is 34.5 Å². The van der Waals surface area contributed by atoms with Gasteiger partial charge in [-0.25, -0.2) is 9.18 Å². The maximum absolute atomic E-state index is 15.6. The Morgan fingerprint density at radius 2 is 1.54 bits per heavy atom. The third-order valence-electron chi connectivity index (χ3n) is 5.56. The highest BCUT2D eigenvalue weighted by Crippen LogP contribution is 2.63. The third kappa shape index (κ3) is 2.94. The molecule has 1 atom stereocenters. The number of hydrogen-bond donors (Lipinski definition) is 2. The number of hydrogen-bond acceptors (Lipinski definition) is 9. The van der Waals surface area contributed by atoms with Crippen molar-refractivity contribution in [2.75, 3.05) is 0 Å². The monoisotopic (exact) mass is 484 g/mol. The molecular weight excluding hydrogens is 470 g/mol. The first kappa shape index (κ1) is 22.1. The largest absolute Gasteiger partial charge is 0.504 e. The topological polar surface area (TPSA) is 129 Å². The van der Waals surface area contributed by atoms with Gasteiger partial charge in [-0.2, -0.15) is 4.39 Å². The lowest BCUT2D eigenvalue weighted by Crippen LogP contribution is -2.35. The van der Waals surface area contributed by atoms with Crippen LogP contribution in [0.15, 0.2) is 36.4 Å². The van der Waals surface area contributed by atoms with Crippen molar-refractivity contribution in [1.29, 1.82) is 0 Å². The summed E-state index contributed by atoms with van der Waals surface area (Å²) < 4.78 is 51.9. The average molecular weight is 484 g/mol. The van der Waals surface area contributed by atoms with Gasteiger partial charge in [-0.1, -0.05) is 18.2 Å². The van der Waals surface area contributed by atoms with Crippen molar-refractivity contribution in [2.24, 2.45) is 0 Å². The Bertz CT molecular complexity index is 1480. The number of esters is 3. The standard InChI is InChI=1S/C24H14F2O9/c1-9(27)32-20-14(29)8-7-13-19(20)34-21-15(16(25)17(26)18(30)22(21)33-10(2)28)24(13)12-6-4-3-5-11(12)23(31)35-24/h3-8,29-30H,1-2H3. The van der Waals surface area contributed by atoms with Crippen LogP contribution < -0.4 is 14.2 Å². The Kier molecular flexibility index (Phi) is 4.69. The lowest BCUT2D eigenvalue weighted by molar-refractivity contribution is -0.132. The minimum absolute atomic E-state index is 0.00957. The van der Waals surface area contributed by atoms with Crippen molar-refractivity contribution < 1.29 is 52.3 Å². The molecule has 3 aromatic carbocycles. The maximum Gasteiger partial charge on any atom is 0.340 e. The number of benzene rings is 3. The average Bonchev–Trinajstić information content (AvgIpc) is 3.09. The zero-order valence-corrected chi connectivity index (χ0v) is 18.0. The number of halogens is 2. The molecule has 0 bridgehead atoms. The van der Waals surface area contributed by atoms with Crippen molar-refractivity contribution in [2.45, 2.75) is 19.4 Å². The number of rotatable bonds is 2. The molecule has 1 spiro atoms. The zero-order valence-electron chi connectivity index (χ0n) is 18.0. The van der Waals surface area contributed by atoms with Gasteiger partial charge in [0.05, 0.1) is 16.7 Å². The Hall–Kier alpha value is -4.67. The Morgan fingerprint density at radius 1 is 0.886 bits per heavy atom. The number of carbonyl (C=O) groups is 3. The number of phenols is 2. The smallest absolute Gasteiger partial charge is 0.340 e. The summed E-state index contributed by atoms with van der Waals surface area (Å²) in [5.41, 5.74) is -3.00. The molecule has 2 aliphatic heterocycles. The normalized spacial score (nSPS) is 17.1. The second kappa shape index (κ2) is 7.42. The van der Waals surface area contributed by atoms with E-state index in [1.807, 2.05) is 0 Å². The number of ether oxygens (including phenoxy) is 4. The fourth-order valence-electron chi connectivity index (χ4n) is 4.30. The van der Waals surface area contributed by atoms with E-state index in [4.69, 9.17) is 18.9 Å². The molecule has 1 unspecified atom stereocenters. The van der Waals surface area contributed by atoms with Crippen molar-refractivity contribution >= 4 is 17.9 Å². The molecule has 0 saturated carbocycles. The predicted molar refractivity (Wildman–Crippen MR) is 111 cm³/mol. The van der Waals surface area contributed by atoms with Crippen LogP contribution in [-0.2, 0) is 19.9 Å². The molecule has 2 heterocycles. The fourth-order valence-corrected chi connectivity index (χ4v) is 4.30. The molecule has 3 aromatic rings. The fraction of sp³-hybridized carbons (Fsp3) is 0.125. The van der Waals surface area contributed by atoms with Crippen LogP contribution in [0.4, 0.5) is 8.78 Å². The van der Waals surface area contributed by atoms with E-state index in [-0.39, 0.29) is 16.7 Å². The quantitative estimate of drug-likeness (QED) is 0.412. The lowest BCUT2D eigenvalue weighted by atomic mass is 9.77. The highest BCUT2D eigenvalue weighted by Gasteiger charge is 2.58. The summed E-state index contributed by atoms with van der Waals surface area (Å²) in [7, 11) is 0. The van der Waals surface area contributed by atoms with E-state index in [1.165, 1.54) is 30.3 Å². The van der Waals surface area contributed by atoms with Crippen LogP contribution >= 0.6 is 0 Å². The third-order valence-corrected chi connectivity index (χ3v) is 5.56. The van der Waals surface area contributed by atoms with E-state index < -0.39 is 75.2 Å². The van der Waals surface area contributed by atoms with Crippen LogP contribution in [0, 0.1) is 11.6 Å². The number of fused-ring (bicyclic) bond motifs is 6. The van der Waals surface area contributed by atoms with Gasteiger partial charge in [0.2, 0.25) is 23.1 Å². The minimum Gasteiger partial charge on any atom is -0.504 e. The molecule has 5 rings (SSSR count). The molecule has 11 heteroatoms. The first-order chi connectivity index (χ1) is 16.6. The lowest BCUT2D eigenvalue weighted by Gasteiger charge is -2.37. The second-order valence-corrected chi connectivity index (χ2v) is 7.71. The van der Waals surface area contributed by atoms with Gasteiger partial charge >= 0.3 is 17.9 Å².